The summed E-state index contributed by atoms with van der Waals surface area (Å²) in [6.07, 6.45) is 3.49. The average molecular weight is 273 g/mol. The molecule has 0 aliphatic heterocycles. The quantitative estimate of drug-likeness (QED) is 0.769. The molecular formula is C17H23NS. The van der Waals surface area contributed by atoms with Crippen LogP contribution in [0.4, 0.5) is 0 Å². The van der Waals surface area contributed by atoms with Crippen molar-refractivity contribution in [2.75, 3.05) is 6.54 Å². The average Bonchev–Trinajstić information content (AvgIpc) is 2.86. The van der Waals surface area contributed by atoms with Gasteiger partial charge in [0.05, 0.1) is 0 Å². The van der Waals surface area contributed by atoms with Crippen molar-refractivity contribution < 1.29 is 0 Å². The molecule has 2 rings (SSSR count). The summed E-state index contributed by atoms with van der Waals surface area (Å²) < 4.78 is 0. The van der Waals surface area contributed by atoms with Crippen LogP contribution in [-0.2, 0) is 6.42 Å². The van der Waals surface area contributed by atoms with Gasteiger partial charge in [0.15, 0.2) is 0 Å². The van der Waals surface area contributed by atoms with Crippen molar-refractivity contribution in [2.45, 2.75) is 39.2 Å². The Morgan fingerprint density at radius 3 is 2.63 bits per heavy atom. The van der Waals surface area contributed by atoms with Crippen molar-refractivity contribution in [1.82, 2.24) is 5.32 Å². The molecule has 0 saturated carbocycles. The first-order chi connectivity index (χ1) is 9.29. The zero-order valence-electron chi connectivity index (χ0n) is 11.9. The number of nitrogens with one attached hydrogen (secondary N) is 1. The van der Waals surface area contributed by atoms with Crippen LogP contribution in [0.2, 0.25) is 0 Å². The minimum Gasteiger partial charge on any atom is -0.310 e. The maximum absolute atomic E-state index is 3.68. The van der Waals surface area contributed by atoms with E-state index in [9.17, 15) is 0 Å². The summed E-state index contributed by atoms with van der Waals surface area (Å²) >= 11 is 1.85. The van der Waals surface area contributed by atoms with Gasteiger partial charge in [-0.25, -0.2) is 0 Å². The Hall–Kier alpha value is -1.12. The minimum absolute atomic E-state index is 0.491. The van der Waals surface area contributed by atoms with Gasteiger partial charge in [0, 0.05) is 10.9 Å². The highest BCUT2D eigenvalue weighted by Gasteiger charge is 2.12. The molecule has 0 saturated heterocycles. The van der Waals surface area contributed by atoms with Gasteiger partial charge in [-0.05, 0) is 55.3 Å². The van der Waals surface area contributed by atoms with Gasteiger partial charge in [0.2, 0.25) is 0 Å². The van der Waals surface area contributed by atoms with E-state index in [-0.39, 0.29) is 0 Å². The molecule has 0 aliphatic carbocycles. The fourth-order valence-corrected chi connectivity index (χ4v) is 3.07. The lowest BCUT2D eigenvalue weighted by molar-refractivity contribution is 0.500. The summed E-state index contributed by atoms with van der Waals surface area (Å²) in [4.78, 5) is 1.40. The maximum Gasteiger partial charge on any atom is 0.0331 e. The fraction of sp³-hybridized carbons (Fsp3) is 0.412. The Morgan fingerprint density at radius 2 is 2.00 bits per heavy atom. The van der Waals surface area contributed by atoms with E-state index in [0.29, 0.717) is 6.04 Å². The molecule has 0 bridgehead atoms. The molecule has 0 amide bonds. The van der Waals surface area contributed by atoms with E-state index in [0.717, 1.165) is 13.0 Å². The third-order valence-electron chi connectivity index (χ3n) is 3.36. The van der Waals surface area contributed by atoms with Crippen molar-refractivity contribution in [2.24, 2.45) is 0 Å². The molecule has 0 aliphatic rings. The highest BCUT2D eigenvalue weighted by Crippen LogP contribution is 2.24. The Morgan fingerprint density at radius 1 is 1.21 bits per heavy atom. The summed E-state index contributed by atoms with van der Waals surface area (Å²) in [6.45, 7) is 5.50. The number of rotatable bonds is 7. The second kappa shape index (κ2) is 7.46. The minimum atomic E-state index is 0.491. The lowest BCUT2D eigenvalue weighted by Gasteiger charge is -2.17. The molecule has 1 heterocycles. The molecule has 1 N–H and O–H groups in total. The van der Waals surface area contributed by atoms with Gasteiger partial charge < -0.3 is 5.32 Å². The summed E-state index contributed by atoms with van der Waals surface area (Å²) in [5, 5.41) is 5.98. The van der Waals surface area contributed by atoms with Crippen LogP contribution in [0.15, 0.2) is 41.8 Å². The lowest BCUT2D eigenvalue weighted by Crippen LogP contribution is -2.22. The largest absolute Gasteiger partial charge is 0.310 e. The number of benzene rings is 1. The summed E-state index contributed by atoms with van der Waals surface area (Å²) in [5.41, 5.74) is 2.88. The highest BCUT2D eigenvalue weighted by atomic mass is 32.1. The molecule has 0 spiro atoms. The third-order valence-corrected chi connectivity index (χ3v) is 4.24. The summed E-state index contributed by atoms with van der Waals surface area (Å²) in [5.74, 6) is 0. The molecule has 0 radical (unpaired) electrons. The number of aryl methyl sites for hydroxylation is 2. The van der Waals surface area contributed by atoms with E-state index in [1.165, 1.54) is 28.8 Å². The van der Waals surface area contributed by atoms with Gasteiger partial charge in [0.25, 0.3) is 0 Å². The molecule has 1 nitrogen and oxygen atoms in total. The zero-order chi connectivity index (χ0) is 13.5. The van der Waals surface area contributed by atoms with Crippen LogP contribution < -0.4 is 5.32 Å². The number of hydrogen-bond acceptors (Lipinski definition) is 2. The van der Waals surface area contributed by atoms with Crippen molar-refractivity contribution >= 4 is 11.3 Å². The summed E-state index contributed by atoms with van der Waals surface area (Å²) in [7, 11) is 0. The molecular weight excluding hydrogens is 250 g/mol. The summed E-state index contributed by atoms with van der Waals surface area (Å²) in [6, 6.07) is 13.6. The van der Waals surface area contributed by atoms with Gasteiger partial charge in [-0.3, -0.25) is 0 Å². The van der Waals surface area contributed by atoms with Crippen LogP contribution in [-0.4, -0.2) is 6.54 Å². The SMILES string of the molecule is CCCNC(CCc1ccccc1)c1csc(C)c1. The van der Waals surface area contributed by atoms with Crippen molar-refractivity contribution in [1.29, 1.82) is 0 Å². The molecule has 1 aromatic heterocycles. The smallest absolute Gasteiger partial charge is 0.0331 e. The van der Waals surface area contributed by atoms with Gasteiger partial charge in [0.1, 0.15) is 0 Å². The predicted octanol–water partition coefficient (Wildman–Crippen LogP) is 4.73. The van der Waals surface area contributed by atoms with Gasteiger partial charge in [-0.2, -0.15) is 0 Å². The Kier molecular flexibility index (Phi) is 5.62. The first-order valence-corrected chi connectivity index (χ1v) is 8.00. The topological polar surface area (TPSA) is 12.0 Å². The molecule has 2 heteroatoms. The molecule has 2 aromatic rings. The van der Waals surface area contributed by atoms with Crippen molar-refractivity contribution in [3.05, 3.63) is 57.8 Å². The molecule has 1 atom stereocenters. The van der Waals surface area contributed by atoms with Gasteiger partial charge in [-0.1, -0.05) is 37.3 Å². The van der Waals surface area contributed by atoms with Crippen LogP contribution in [0.1, 0.15) is 41.8 Å². The molecule has 1 unspecified atom stereocenters. The number of hydrogen-bond donors (Lipinski definition) is 1. The second-order valence-electron chi connectivity index (χ2n) is 5.02. The second-order valence-corrected chi connectivity index (χ2v) is 6.14. The van der Waals surface area contributed by atoms with Crippen molar-refractivity contribution in [3.8, 4) is 0 Å². The van der Waals surface area contributed by atoms with Crippen LogP contribution in [0.25, 0.3) is 0 Å². The first-order valence-electron chi connectivity index (χ1n) is 7.12. The molecule has 102 valence electrons. The maximum atomic E-state index is 3.68. The number of thiophene rings is 1. The standard InChI is InChI=1S/C17H23NS/c1-3-11-18-17(16-12-14(2)19-13-16)10-9-15-7-5-4-6-8-15/h4-8,12-13,17-18H,3,9-11H2,1-2H3. The van der Waals surface area contributed by atoms with Crippen LogP contribution in [0.5, 0.6) is 0 Å². The normalized spacial score (nSPS) is 12.5. The Labute approximate surface area is 120 Å². The van der Waals surface area contributed by atoms with E-state index in [1.807, 2.05) is 11.3 Å². The Balaban J connectivity index is 1.98. The third kappa shape index (κ3) is 4.48. The Bertz CT molecular complexity index is 475. The van der Waals surface area contributed by atoms with E-state index in [2.05, 4.69) is 60.9 Å². The van der Waals surface area contributed by atoms with Gasteiger partial charge in [-0.15, -0.1) is 11.3 Å². The lowest BCUT2D eigenvalue weighted by atomic mass is 10.0. The van der Waals surface area contributed by atoms with Crippen LogP contribution in [0, 0.1) is 6.92 Å². The molecule has 1 aromatic carbocycles. The molecule has 19 heavy (non-hydrogen) atoms. The van der Waals surface area contributed by atoms with Gasteiger partial charge >= 0.3 is 0 Å². The first kappa shape index (κ1) is 14.3. The van der Waals surface area contributed by atoms with E-state index < -0.39 is 0 Å². The van der Waals surface area contributed by atoms with E-state index >= 15 is 0 Å². The molecule has 0 fully saturated rings. The van der Waals surface area contributed by atoms with E-state index in [1.54, 1.807) is 0 Å². The monoisotopic (exact) mass is 273 g/mol. The predicted molar refractivity (Wildman–Crippen MR) is 84.9 cm³/mol. The van der Waals surface area contributed by atoms with Crippen LogP contribution >= 0.6 is 11.3 Å². The highest BCUT2D eigenvalue weighted by molar-refractivity contribution is 7.10. The fourth-order valence-electron chi connectivity index (χ4n) is 2.31. The van der Waals surface area contributed by atoms with Crippen molar-refractivity contribution in [3.63, 3.8) is 0 Å². The van der Waals surface area contributed by atoms with Crippen LogP contribution in [0.3, 0.4) is 0 Å². The van der Waals surface area contributed by atoms with E-state index in [4.69, 9.17) is 0 Å². The zero-order valence-corrected chi connectivity index (χ0v) is 12.7.